The number of hydrogen-bond donors (Lipinski definition) is 1. The molecule has 2 aliphatic rings. The van der Waals surface area contributed by atoms with Gasteiger partial charge in [-0.1, -0.05) is 0 Å². The van der Waals surface area contributed by atoms with Gasteiger partial charge in [0.1, 0.15) is 0 Å². The average molecular weight is 248 g/mol. The Hall–Kier alpha value is -0.170. The Bertz CT molecular complexity index is 331. The monoisotopic (exact) mass is 248 g/mol. The quantitative estimate of drug-likeness (QED) is 0.748. The van der Waals surface area contributed by atoms with E-state index in [1.807, 2.05) is 0 Å². The molecule has 0 aromatic heterocycles. The van der Waals surface area contributed by atoms with Crippen LogP contribution in [0, 0.1) is 0 Å². The fourth-order valence-electron chi connectivity index (χ4n) is 2.58. The summed E-state index contributed by atoms with van der Waals surface area (Å²) in [5, 5.41) is 2.89. The molecule has 2 rings (SSSR count). The van der Waals surface area contributed by atoms with Crippen LogP contribution in [0.15, 0.2) is 0 Å². The molecule has 1 aliphatic carbocycles. The minimum Gasteiger partial charge on any atom is -0.375 e. The second-order valence-electron chi connectivity index (χ2n) is 4.44. The number of hydrogen-bond acceptors (Lipinski definition) is 4. The summed E-state index contributed by atoms with van der Waals surface area (Å²) in [7, 11) is -1.34. The first-order chi connectivity index (χ1) is 7.65. The van der Waals surface area contributed by atoms with Crippen LogP contribution in [0.4, 0.5) is 0 Å². The third kappa shape index (κ3) is 2.40. The molecule has 0 bridgehead atoms. The van der Waals surface area contributed by atoms with Crippen molar-refractivity contribution in [2.75, 3.05) is 32.5 Å². The molecule has 94 valence electrons. The topological polar surface area (TPSA) is 58.6 Å². The fraction of sp³-hybridized carbons (Fsp3) is 1.00. The van der Waals surface area contributed by atoms with Crippen molar-refractivity contribution >= 4 is 10.0 Å². The SMILES string of the molecule is CNCCS(=O)(=O)N1CCOC2CCCC21. The summed E-state index contributed by atoms with van der Waals surface area (Å²) in [6, 6.07) is 0.0932. The van der Waals surface area contributed by atoms with Crippen LogP contribution in [-0.2, 0) is 14.8 Å². The third-order valence-corrected chi connectivity index (χ3v) is 5.29. The molecule has 1 saturated heterocycles. The lowest BCUT2D eigenvalue weighted by atomic mass is 10.2. The highest BCUT2D eigenvalue weighted by molar-refractivity contribution is 7.89. The summed E-state index contributed by atoms with van der Waals surface area (Å²) in [5.41, 5.74) is 0. The maximum absolute atomic E-state index is 12.1. The van der Waals surface area contributed by atoms with Gasteiger partial charge >= 0.3 is 0 Å². The molecule has 2 fully saturated rings. The summed E-state index contributed by atoms with van der Waals surface area (Å²) >= 11 is 0. The molecule has 16 heavy (non-hydrogen) atoms. The van der Waals surface area contributed by atoms with Gasteiger partial charge < -0.3 is 10.1 Å². The van der Waals surface area contributed by atoms with E-state index in [2.05, 4.69) is 5.32 Å². The van der Waals surface area contributed by atoms with Gasteiger partial charge in [0.2, 0.25) is 10.0 Å². The van der Waals surface area contributed by atoms with Crippen LogP contribution in [0.5, 0.6) is 0 Å². The number of morpholine rings is 1. The molecular formula is C10H20N2O3S. The van der Waals surface area contributed by atoms with Crippen molar-refractivity contribution in [2.24, 2.45) is 0 Å². The normalized spacial score (nSPS) is 31.6. The highest BCUT2D eigenvalue weighted by atomic mass is 32.2. The van der Waals surface area contributed by atoms with Gasteiger partial charge in [-0.25, -0.2) is 8.42 Å². The Morgan fingerprint density at radius 3 is 3.00 bits per heavy atom. The van der Waals surface area contributed by atoms with Crippen LogP contribution in [0.3, 0.4) is 0 Å². The number of nitrogens with one attached hydrogen (secondary N) is 1. The Balaban J connectivity index is 2.07. The largest absolute Gasteiger partial charge is 0.375 e. The van der Waals surface area contributed by atoms with E-state index in [-0.39, 0.29) is 17.9 Å². The third-order valence-electron chi connectivity index (χ3n) is 3.40. The van der Waals surface area contributed by atoms with Gasteiger partial charge in [0.15, 0.2) is 0 Å². The summed E-state index contributed by atoms with van der Waals surface area (Å²) in [6.07, 6.45) is 3.16. The van der Waals surface area contributed by atoms with E-state index in [4.69, 9.17) is 4.74 Å². The van der Waals surface area contributed by atoms with Crippen LogP contribution in [0.2, 0.25) is 0 Å². The number of sulfonamides is 1. The molecule has 0 aromatic carbocycles. The van der Waals surface area contributed by atoms with Gasteiger partial charge in [0.05, 0.1) is 24.5 Å². The van der Waals surface area contributed by atoms with Gasteiger partial charge in [-0.15, -0.1) is 0 Å². The van der Waals surface area contributed by atoms with E-state index >= 15 is 0 Å². The van der Waals surface area contributed by atoms with Crippen LogP contribution in [0.25, 0.3) is 0 Å². The molecule has 1 aliphatic heterocycles. The van der Waals surface area contributed by atoms with Gasteiger partial charge in [0.25, 0.3) is 0 Å². The average Bonchev–Trinajstić information content (AvgIpc) is 2.73. The zero-order chi connectivity index (χ0) is 11.6. The van der Waals surface area contributed by atoms with Crippen molar-refractivity contribution in [3.63, 3.8) is 0 Å². The van der Waals surface area contributed by atoms with Crippen LogP contribution in [-0.4, -0.2) is 57.4 Å². The Kier molecular flexibility index (Phi) is 3.84. The minimum absolute atomic E-state index is 0.0932. The predicted octanol–water partition coefficient (Wildman–Crippen LogP) is -0.211. The summed E-state index contributed by atoms with van der Waals surface area (Å²) < 4.78 is 31.5. The standard InChI is InChI=1S/C10H20N2O3S/c1-11-5-8-16(13,14)12-6-7-15-10-4-2-3-9(10)12/h9-11H,2-8H2,1H3. The number of nitrogens with zero attached hydrogens (tertiary/aromatic N) is 1. The lowest BCUT2D eigenvalue weighted by Crippen LogP contribution is -2.52. The molecule has 2 unspecified atom stereocenters. The van der Waals surface area contributed by atoms with Crippen molar-refractivity contribution in [3.05, 3.63) is 0 Å². The molecule has 1 heterocycles. The van der Waals surface area contributed by atoms with E-state index in [1.165, 1.54) is 0 Å². The van der Waals surface area contributed by atoms with Gasteiger partial charge in [0, 0.05) is 13.1 Å². The predicted molar refractivity (Wildman–Crippen MR) is 61.8 cm³/mol. The van der Waals surface area contributed by atoms with Crippen molar-refractivity contribution in [1.82, 2.24) is 9.62 Å². The molecule has 5 nitrogen and oxygen atoms in total. The first kappa shape index (κ1) is 12.3. The zero-order valence-electron chi connectivity index (χ0n) is 9.68. The van der Waals surface area contributed by atoms with Crippen LogP contribution < -0.4 is 5.32 Å². The van der Waals surface area contributed by atoms with E-state index in [1.54, 1.807) is 11.4 Å². The molecule has 1 N–H and O–H groups in total. The number of fused-ring (bicyclic) bond motifs is 1. The molecule has 6 heteroatoms. The smallest absolute Gasteiger partial charge is 0.215 e. The molecule has 0 amide bonds. The first-order valence-electron chi connectivity index (χ1n) is 5.91. The lowest BCUT2D eigenvalue weighted by molar-refractivity contribution is -0.0241. The summed E-state index contributed by atoms with van der Waals surface area (Å²) in [5.74, 6) is 0.187. The first-order valence-corrected chi connectivity index (χ1v) is 7.52. The zero-order valence-corrected chi connectivity index (χ0v) is 10.5. The van der Waals surface area contributed by atoms with Gasteiger partial charge in [-0.3, -0.25) is 0 Å². The molecular weight excluding hydrogens is 228 g/mol. The van der Waals surface area contributed by atoms with Crippen molar-refractivity contribution in [1.29, 1.82) is 0 Å². The van der Waals surface area contributed by atoms with E-state index in [0.717, 1.165) is 19.3 Å². The Labute approximate surface area is 97.2 Å². The maximum Gasteiger partial charge on any atom is 0.215 e. The maximum atomic E-state index is 12.1. The lowest BCUT2D eigenvalue weighted by Gasteiger charge is -2.36. The number of ether oxygens (including phenoxy) is 1. The van der Waals surface area contributed by atoms with Gasteiger partial charge in [-0.05, 0) is 26.3 Å². The van der Waals surface area contributed by atoms with E-state index in [9.17, 15) is 8.42 Å². The molecule has 1 saturated carbocycles. The highest BCUT2D eigenvalue weighted by Gasteiger charge is 2.41. The second kappa shape index (κ2) is 5.00. The second-order valence-corrected chi connectivity index (χ2v) is 6.48. The summed E-state index contributed by atoms with van der Waals surface area (Å²) in [4.78, 5) is 0. The van der Waals surface area contributed by atoms with Crippen LogP contribution >= 0.6 is 0 Å². The number of rotatable bonds is 4. The Morgan fingerprint density at radius 1 is 1.44 bits per heavy atom. The van der Waals surface area contributed by atoms with Crippen molar-refractivity contribution < 1.29 is 13.2 Å². The minimum atomic E-state index is -3.11. The van der Waals surface area contributed by atoms with E-state index < -0.39 is 10.0 Å². The van der Waals surface area contributed by atoms with Crippen molar-refractivity contribution in [3.8, 4) is 0 Å². The summed E-state index contributed by atoms with van der Waals surface area (Å²) in [6.45, 7) is 1.57. The van der Waals surface area contributed by atoms with E-state index in [0.29, 0.717) is 19.7 Å². The molecule has 0 aromatic rings. The fourth-order valence-corrected chi connectivity index (χ4v) is 4.29. The molecule has 2 atom stereocenters. The van der Waals surface area contributed by atoms with Gasteiger partial charge in [-0.2, -0.15) is 4.31 Å². The highest BCUT2D eigenvalue weighted by Crippen LogP contribution is 2.31. The van der Waals surface area contributed by atoms with Crippen LogP contribution in [0.1, 0.15) is 19.3 Å². The molecule has 0 radical (unpaired) electrons. The van der Waals surface area contributed by atoms with Crippen molar-refractivity contribution in [2.45, 2.75) is 31.4 Å². The molecule has 0 spiro atoms. The Morgan fingerprint density at radius 2 is 2.25 bits per heavy atom.